The van der Waals surface area contributed by atoms with Crippen molar-refractivity contribution in [3.05, 3.63) is 72.3 Å². The number of nitrogens with zero attached hydrogens (tertiary/aromatic N) is 5. The van der Waals surface area contributed by atoms with Gasteiger partial charge in [0.25, 0.3) is 0 Å². The molecule has 2 aliphatic rings. The Balaban J connectivity index is 1.23. The lowest BCUT2D eigenvalue weighted by atomic mass is 9.96. The fourth-order valence-corrected chi connectivity index (χ4v) is 5.71. The highest BCUT2D eigenvalue weighted by atomic mass is 32.2. The number of carbonyl (C=O) groups excluding carboxylic acids is 1. The Morgan fingerprint density at radius 3 is 2.46 bits per heavy atom. The van der Waals surface area contributed by atoms with Gasteiger partial charge >= 0.3 is 0 Å². The fraction of sp³-hybridized carbons (Fsp3) is 0.370. The van der Waals surface area contributed by atoms with E-state index in [-0.39, 0.29) is 17.6 Å². The van der Waals surface area contributed by atoms with Crippen LogP contribution in [0.3, 0.4) is 0 Å². The SMILES string of the molecule is Cc1ccc(Sc2nccnc2N2CCCC(C(=O)N3CCN(c4ccccc4F)CC3)C2)cc1. The van der Waals surface area contributed by atoms with E-state index in [4.69, 9.17) is 0 Å². The number of hydrogen-bond donors (Lipinski definition) is 0. The summed E-state index contributed by atoms with van der Waals surface area (Å²) in [6.45, 7) is 6.10. The quantitative estimate of drug-likeness (QED) is 0.518. The molecule has 8 heteroatoms. The second kappa shape index (κ2) is 10.6. The average Bonchev–Trinajstić information content (AvgIpc) is 2.90. The maximum atomic E-state index is 14.2. The van der Waals surface area contributed by atoms with Gasteiger partial charge < -0.3 is 14.7 Å². The zero-order valence-electron chi connectivity index (χ0n) is 19.9. The van der Waals surface area contributed by atoms with Crippen molar-refractivity contribution >= 4 is 29.2 Å². The van der Waals surface area contributed by atoms with Crippen molar-refractivity contribution in [3.8, 4) is 0 Å². The molecule has 2 saturated heterocycles. The van der Waals surface area contributed by atoms with Gasteiger partial charge in [0.05, 0.1) is 11.6 Å². The van der Waals surface area contributed by atoms with E-state index in [0.29, 0.717) is 38.4 Å². The number of para-hydroxylation sites is 1. The number of aromatic nitrogens is 2. The smallest absolute Gasteiger partial charge is 0.227 e. The molecular weight excluding hydrogens is 461 g/mol. The molecule has 1 unspecified atom stereocenters. The normalized spacial score (nSPS) is 18.6. The van der Waals surface area contributed by atoms with E-state index < -0.39 is 0 Å². The van der Waals surface area contributed by atoms with Gasteiger partial charge in [0.2, 0.25) is 5.91 Å². The van der Waals surface area contributed by atoms with Crippen LogP contribution in [0.1, 0.15) is 18.4 Å². The molecule has 0 saturated carbocycles. The van der Waals surface area contributed by atoms with Gasteiger partial charge in [0.15, 0.2) is 5.82 Å². The van der Waals surface area contributed by atoms with E-state index in [1.807, 2.05) is 15.9 Å². The number of hydrogen-bond acceptors (Lipinski definition) is 6. The van der Waals surface area contributed by atoms with Crippen LogP contribution in [-0.4, -0.2) is 60.0 Å². The number of carbonyl (C=O) groups is 1. The molecule has 182 valence electrons. The third-order valence-electron chi connectivity index (χ3n) is 6.74. The highest BCUT2D eigenvalue weighted by Gasteiger charge is 2.32. The van der Waals surface area contributed by atoms with Crippen LogP contribution in [0.5, 0.6) is 0 Å². The fourth-order valence-electron chi connectivity index (χ4n) is 4.83. The molecule has 0 bridgehead atoms. The second-order valence-corrected chi connectivity index (χ2v) is 10.2. The van der Waals surface area contributed by atoms with Gasteiger partial charge in [-0.2, -0.15) is 0 Å². The van der Waals surface area contributed by atoms with Crippen molar-refractivity contribution in [3.63, 3.8) is 0 Å². The van der Waals surface area contributed by atoms with E-state index in [9.17, 15) is 9.18 Å². The first kappa shape index (κ1) is 23.6. The van der Waals surface area contributed by atoms with Crippen LogP contribution in [-0.2, 0) is 4.79 Å². The van der Waals surface area contributed by atoms with E-state index >= 15 is 0 Å². The number of piperidine rings is 1. The van der Waals surface area contributed by atoms with Crippen molar-refractivity contribution in [2.75, 3.05) is 49.1 Å². The van der Waals surface area contributed by atoms with Crippen LogP contribution in [0.25, 0.3) is 0 Å². The van der Waals surface area contributed by atoms with Crippen LogP contribution in [0, 0.1) is 18.7 Å². The summed E-state index contributed by atoms with van der Waals surface area (Å²) in [5.41, 5.74) is 1.84. The molecule has 3 heterocycles. The van der Waals surface area contributed by atoms with Crippen molar-refractivity contribution in [1.29, 1.82) is 0 Å². The molecule has 6 nitrogen and oxygen atoms in total. The van der Waals surface area contributed by atoms with Crippen molar-refractivity contribution in [1.82, 2.24) is 14.9 Å². The molecule has 35 heavy (non-hydrogen) atoms. The predicted octanol–water partition coefficient (Wildman–Crippen LogP) is 4.64. The zero-order valence-corrected chi connectivity index (χ0v) is 20.8. The summed E-state index contributed by atoms with van der Waals surface area (Å²) in [7, 11) is 0. The van der Waals surface area contributed by atoms with Crippen molar-refractivity contribution in [2.45, 2.75) is 29.7 Å². The third-order valence-corrected chi connectivity index (χ3v) is 7.73. The van der Waals surface area contributed by atoms with E-state index in [1.54, 1.807) is 36.3 Å². The van der Waals surface area contributed by atoms with Gasteiger partial charge in [0.1, 0.15) is 10.8 Å². The summed E-state index contributed by atoms with van der Waals surface area (Å²) in [4.78, 5) is 30.0. The molecule has 1 amide bonds. The van der Waals surface area contributed by atoms with Crippen LogP contribution in [0.15, 0.2) is 70.8 Å². The van der Waals surface area contributed by atoms with Crippen LogP contribution >= 0.6 is 11.8 Å². The Morgan fingerprint density at radius 1 is 0.943 bits per heavy atom. The lowest BCUT2D eigenvalue weighted by Crippen LogP contribution is -2.53. The summed E-state index contributed by atoms with van der Waals surface area (Å²) in [5.74, 6) is 0.765. The minimum absolute atomic E-state index is 0.0667. The van der Waals surface area contributed by atoms with Gasteiger partial charge in [-0.05, 0) is 44.0 Å². The second-order valence-electron chi connectivity index (χ2n) is 9.15. The summed E-state index contributed by atoms with van der Waals surface area (Å²) in [5, 5.41) is 0.864. The zero-order chi connectivity index (χ0) is 24.2. The van der Waals surface area contributed by atoms with Crippen LogP contribution in [0.4, 0.5) is 15.9 Å². The standard InChI is InChI=1S/C27H30FN5OS/c1-20-8-10-22(11-9-20)35-26-25(29-12-13-30-26)33-14-4-5-21(19-33)27(34)32-17-15-31(16-18-32)24-7-3-2-6-23(24)28/h2-3,6-13,21H,4-5,14-19H2,1H3. The van der Waals surface area contributed by atoms with Gasteiger partial charge in [-0.3, -0.25) is 4.79 Å². The molecule has 0 N–H and O–H groups in total. The number of anilines is 2. The summed E-state index contributed by atoms with van der Waals surface area (Å²) in [6.07, 6.45) is 5.27. The molecule has 1 aromatic heterocycles. The molecule has 2 aromatic carbocycles. The van der Waals surface area contributed by atoms with E-state index in [2.05, 4.69) is 46.1 Å². The monoisotopic (exact) mass is 491 g/mol. The first-order chi connectivity index (χ1) is 17.1. The highest BCUT2D eigenvalue weighted by molar-refractivity contribution is 7.99. The number of piperazine rings is 1. The number of aryl methyl sites for hydroxylation is 1. The van der Waals surface area contributed by atoms with Crippen LogP contribution < -0.4 is 9.80 Å². The highest BCUT2D eigenvalue weighted by Crippen LogP contribution is 2.34. The van der Waals surface area contributed by atoms with Crippen molar-refractivity contribution in [2.24, 2.45) is 5.92 Å². The summed E-state index contributed by atoms with van der Waals surface area (Å²) < 4.78 is 14.2. The Morgan fingerprint density at radius 2 is 1.69 bits per heavy atom. The molecule has 0 aliphatic carbocycles. The molecular formula is C27H30FN5OS. The minimum atomic E-state index is -0.210. The summed E-state index contributed by atoms with van der Waals surface area (Å²) in [6, 6.07) is 15.2. The predicted molar refractivity (Wildman–Crippen MR) is 137 cm³/mol. The number of amides is 1. The lowest BCUT2D eigenvalue weighted by Gasteiger charge is -2.40. The van der Waals surface area contributed by atoms with Gasteiger partial charge in [-0.1, -0.05) is 41.6 Å². The number of halogens is 1. The summed E-state index contributed by atoms with van der Waals surface area (Å²) >= 11 is 1.61. The van der Waals surface area contributed by atoms with E-state index in [0.717, 1.165) is 35.1 Å². The average molecular weight is 492 g/mol. The molecule has 3 aromatic rings. The Hall–Kier alpha value is -3.13. The molecule has 2 aliphatic heterocycles. The molecule has 5 rings (SSSR count). The Bertz CT molecular complexity index is 1170. The lowest BCUT2D eigenvalue weighted by molar-refractivity contribution is -0.136. The van der Waals surface area contributed by atoms with Crippen LogP contribution in [0.2, 0.25) is 0 Å². The first-order valence-electron chi connectivity index (χ1n) is 12.2. The number of rotatable bonds is 5. The molecule has 1 atom stereocenters. The van der Waals surface area contributed by atoms with Gasteiger partial charge in [-0.25, -0.2) is 14.4 Å². The molecule has 2 fully saturated rings. The van der Waals surface area contributed by atoms with E-state index in [1.165, 1.54) is 11.6 Å². The largest absolute Gasteiger partial charge is 0.366 e. The topological polar surface area (TPSA) is 52.6 Å². The molecule has 0 radical (unpaired) electrons. The minimum Gasteiger partial charge on any atom is -0.366 e. The maximum absolute atomic E-state index is 14.2. The maximum Gasteiger partial charge on any atom is 0.227 e. The van der Waals surface area contributed by atoms with Gasteiger partial charge in [0, 0.05) is 56.6 Å². The van der Waals surface area contributed by atoms with Crippen molar-refractivity contribution < 1.29 is 9.18 Å². The third kappa shape index (κ3) is 5.42. The Kier molecular flexibility index (Phi) is 7.18. The first-order valence-corrected chi connectivity index (χ1v) is 13.0. The number of benzene rings is 2. The molecule has 0 spiro atoms. The Labute approximate surface area is 210 Å². The van der Waals surface area contributed by atoms with Gasteiger partial charge in [-0.15, -0.1) is 0 Å².